The lowest BCUT2D eigenvalue weighted by Crippen LogP contribution is -2.19. The number of rotatable bonds is 5. The average Bonchev–Trinajstić information content (AvgIpc) is 3.17. The fourth-order valence-electron chi connectivity index (χ4n) is 2.61. The van der Waals surface area contributed by atoms with Crippen molar-refractivity contribution in [3.63, 3.8) is 0 Å². The number of nitrogens with zero attached hydrogens (tertiary/aromatic N) is 2. The van der Waals surface area contributed by atoms with Crippen LogP contribution in [0.3, 0.4) is 0 Å². The van der Waals surface area contributed by atoms with Crippen LogP contribution in [0.4, 0.5) is 16.4 Å². The molecule has 0 aliphatic carbocycles. The fourth-order valence-corrected chi connectivity index (χ4v) is 3.33. The van der Waals surface area contributed by atoms with Gasteiger partial charge in [0.1, 0.15) is 0 Å². The van der Waals surface area contributed by atoms with E-state index in [0.717, 1.165) is 24.3 Å². The average molecular weight is 303 g/mol. The van der Waals surface area contributed by atoms with E-state index in [0.29, 0.717) is 6.54 Å². The second kappa shape index (κ2) is 6.13. The molecule has 0 amide bonds. The molecule has 0 spiro atoms. The molecular formula is C15H17N3O2S. The van der Waals surface area contributed by atoms with E-state index >= 15 is 0 Å². The molecule has 1 aromatic carbocycles. The number of nitro groups is 1. The van der Waals surface area contributed by atoms with Gasteiger partial charge in [0.25, 0.3) is 0 Å². The van der Waals surface area contributed by atoms with Gasteiger partial charge in [0.05, 0.1) is 16.3 Å². The fraction of sp³-hybridized carbons (Fsp3) is 0.333. The van der Waals surface area contributed by atoms with Crippen LogP contribution in [-0.4, -0.2) is 18.0 Å². The molecule has 0 radical (unpaired) electrons. The van der Waals surface area contributed by atoms with E-state index in [4.69, 9.17) is 0 Å². The van der Waals surface area contributed by atoms with Crippen molar-refractivity contribution in [2.45, 2.75) is 19.4 Å². The van der Waals surface area contributed by atoms with E-state index in [1.165, 1.54) is 29.9 Å². The van der Waals surface area contributed by atoms with Crippen LogP contribution in [0.15, 0.2) is 35.7 Å². The lowest BCUT2D eigenvalue weighted by atomic mass is 10.2. The summed E-state index contributed by atoms with van der Waals surface area (Å²) < 4.78 is 0. The van der Waals surface area contributed by atoms with Gasteiger partial charge in [-0.1, -0.05) is 23.5 Å². The van der Waals surface area contributed by atoms with Gasteiger partial charge in [-0.05, 0) is 30.5 Å². The summed E-state index contributed by atoms with van der Waals surface area (Å²) in [4.78, 5) is 12.8. The van der Waals surface area contributed by atoms with Gasteiger partial charge in [-0.15, -0.1) is 0 Å². The Labute approximate surface area is 127 Å². The quantitative estimate of drug-likeness (QED) is 0.673. The van der Waals surface area contributed by atoms with Crippen molar-refractivity contribution in [3.8, 4) is 0 Å². The molecule has 0 bridgehead atoms. The summed E-state index contributed by atoms with van der Waals surface area (Å²) in [6.07, 6.45) is 2.48. The first-order valence-electron chi connectivity index (χ1n) is 7.04. The van der Waals surface area contributed by atoms with Crippen molar-refractivity contribution in [1.82, 2.24) is 0 Å². The smallest absolute Gasteiger partial charge is 0.324 e. The molecule has 21 heavy (non-hydrogen) atoms. The van der Waals surface area contributed by atoms with Crippen molar-refractivity contribution < 1.29 is 4.92 Å². The Balaban J connectivity index is 1.71. The van der Waals surface area contributed by atoms with Crippen molar-refractivity contribution in [2.24, 2.45) is 0 Å². The molecule has 5 nitrogen and oxygen atoms in total. The van der Waals surface area contributed by atoms with E-state index in [1.807, 2.05) is 17.5 Å². The third-order valence-electron chi connectivity index (χ3n) is 3.65. The topological polar surface area (TPSA) is 58.4 Å². The molecular weight excluding hydrogens is 286 g/mol. The Morgan fingerprint density at radius 2 is 2.05 bits per heavy atom. The van der Waals surface area contributed by atoms with Crippen LogP contribution in [0.25, 0.3) is 0 Å². The van der Waals surface area contributed by atoms with Gasteiger partial charge in [0.15, 0.2) is 0 Å². The molecule has 6 heteroatoms. The van der Waals surface area contributed by atoms with Gasteiger partial charge in [0, 0.05) is 31.1 Å². The highest BCUT2D eigenvalue weighted by Crippen LogP contribution is 2.30. The lowest BCUT2D eigenvalue weighted by molar-refractivity contribution is -0.380. The molecule has 1 fully saturated rings. The highest BCUT2D eigenvalue weighted by Gasteiger charge is 2.15. The minimum Gasteiger partial charge on any atom is -0.379 e. The van der Waals surface area contributed by atoms with Gasteiger partial charge >= 0.3 is 5.00 Å². The van der Waals surface area contributed by atoms with E-state index in [-0.39, 0.29) is 9.92 Å². The summed E-state index contributed by atoms with van der Waals surface area (Å²) >= 11 is 1.17. The predicted molar refractivity (Wildman–Crippen MR) is 86.2 cm³/mol. The van der Waals surface area contributed by atoms with Crippen LogP contribution < -0.4 is 10.2 Å². The number of para-hydroxylation sites is 2. The number of nitrogens with one attached hydrogen (secondary N) is 1. The van der Waals surface area contributed by atoms with Gasteiger partial charge in [-0.25, -0.2) is 0 Å². The van der Waals surface area contributed by atoms with E-state index in [2.05, 4.69) is 22.3 Å². The maximum Gasteiger partial charge on any atom is 0.324 e. The Hall–Kier alpha value is -2.08. The standard InChI is InChI=1S/C15H17N3O2S/c19-18(20)15-9-12(11-21-15)10-16-13-5-1-2-6-14(13)17-7-3-4-8-17/h1-2,5-6,9,11,16H,3-4,7-8,10H2. The molecule has 110 valence electrons. The molecule has 1 saturated heterocycles. The zero-order valence-corrected chi connectivity index (χ0v) is 12.4. The number of anilines is 2. The third-order valence-corrected chi connectivity index (χ3v) is 4.58. The zero-order chi connectivity index (χ0) is 14.7. The Bertz CT molecular complexity index is 635. The van der Waals surface area contributed by atoms with E-state index < -0.39 is 0 Å². The largest absolute Gasteiger partial charge is 0.379 e. The van der Waals surface area contributed by atoms with Crippen molar-refractivity contribution in [1.29, 1.82) is 0 Å². The SMILES string of the molecule is O=[N+]([O-])c1cc(CNc2ccccc2N2CCCC2)cs1. The first kappa shape index (κ1) is 13.9. The maximum atomic E-state index is 10.7. The first-order valence-corrected chi connectivity index (χ1v) is 7.91. The second-order valence-corrected chi connectivity index (χ2v) is 6.00. The van der Waals surface area contributed by atoms with Crippen LogP contribution in [0.2, 0.25) is 0 Å². The summed E-state index contributed by atoms with van der Waals surface area (Å²) in [6, 6.07) is 9.89. The monoisotopic (exact) mass is 303 g/mol. The van der Waals surface area contributed by atoms with Gasteiger partial charge in [0.2, 0.25) is 0 Å². The van der Waals surface area contributed by atoms with Crippen LogP contribution >= 0.6 is 11.3 Å². The summed E-state index contributed by atoms with van der Waals surface area (Å²) in [7, 11) is 0. The molecule has 2 aromatic rings. The number of benzene rings is 1. The van der Waals surface area contributed by atoms with E-state index in [1.54, 1.807) is 6.07 Å². The summed E-state index contributed by atoms with van der Waals surface area (Å²) in [5.41, 5.74) is 3.26. The molecule has 3 rings (SSSR count). The third kappa shape index (κ3) is 3.16. The normalized spacial score (nSPS) is 14.4. The zero-order valence-electron chi connectivity index (χ0n) is 11.6. The summed E-state index contributed by atoms with van der Waals surface area (Å²) in [6.45, 7) is 2.81. The molecule has 0 atom stereocenters. The first-order chi connectivity index (χ1) is 10.2. The molecule has 1 N–H and O–H groups in total. The van der Waals surface area contributed by atoms with Gasteiger partial charge in [-0.2, -0.15) is 0 Å². The number of hydrogen-bond acceptors (Lipinski definition) is 5. The van der Waals surface area contributed by atoms with Gasteiger partial charge in [-0.3, -0.25) is 10.1 Å². The van der Waals surface area contributed by atoms with Gasteiger partial charge < -0.3 is 10.2 Å². The van der Waals surface area contributed by atoms with Crippen molar-refractivity contribution >= 4 is 27.7 Å². The molecule has 2 heterocycles. The minimum atomic E-state index is -0.341. The van der Waals surface area contributed by atoms with Crippen LogP contribution in [0.1, 0.15) is 18.4 Å². The molecule has 1 aliphatic rings. The molecule has 1 aromatic heterocycles. The second-order valence-electron chi connectivity index (χ2n) is 5.12. The van der Waals surface area contributed by atoms with E-state index in [9.17, 15) is 10.1 Å². The highest BCUT2D eigenvalue weighted by molar-refractivity contribution is 7.13. The number of hydrogen-bond donors (Lipinski definition) is 1. The van der Waals surface area contributed by atoms with Crippen LogP contribution in [-0.2, 0) is 6.54 Å². The number of thiophene rings is 1. The van der Waals surface area contributed by atoms with Crippen LogP contribution in [0.5, 0.6) is 0 Å². The Kier molecular flexibility index (Phi) is 4.06. The highest BCUT2D eigenvalue weighted by atomic mass is 32.1. The summed E-state index contributed by atoms with van der Waals surface area (Å²) in [5.74, 6) is 0. The Morgan fingerprint density at radius 3 is 2.76 bits per heavy atom. The minimum absolute atomic E-state index is 0.194. The maximum absolute atomic E-state index is 10.7. The predicted octanol–water partition coefficient (Wildman–Crippen LogP) is 3.87. The van der Waals surface area contributed by atoms with Crippen molar-refractivity contribution in [3.05, 3.63) is 51.4 Å². The van der Waals surface area contributed by atoms with Crippen molar-refractivity contribution in [2.75, 3.05) is 23.3 Å². The molecule has 1 aliphatic heterocycles. The Morgan fingerprint density at radius 1 is 1.29 bits per heavy atom. The lowest BCUT2D eigenvalue weighted by Gasteiger charge is -2.21. The van der Waals surface area contributed by atoms with Crippen LogP contribution in [0, 0.1) is 10.1 Å². The molecule has 0 unspecified atom stereocenters. The molecule has 0 saturated carbocycles. The summed E-state index contributed by atoms with van der Waals surface area (Å²) in [5, 5.41) is 16.1.